The van der Waals surface area contributed by atoms with Crippen LogP contribution in [0.4, 0.5) is 0 Å². The quantitative estimate of drug-likeness (QED) is 0.724. The summed E-state index contributed by atoms with van der Waals surface area (Å²) in [5.41, 5.74) is 0.881. The third kappa shape index (κ3) is 1.87. The number of rotatable bonds is 4. The van der Waals surface area contributed by atoms with E-state index in [1.54, 1.807) is 27.4 Å². The summed E-state index contributed by atoms with van der Waals surface area (Å²) >= 11 is 5.76. The first kappa shape index (κ1) is 11.0. The molecule has 0 amide bonds. The predicted molar refractivity (Wildman–Crippen MR) is 55.7 cm³/mol. The van der Waals surface area contributed by atoms with E-state index in [4.69, 9.17) is 25.8 Å². The smallest absolute Gasteiger partial charge is 0.203 e. The number of alkyl halides is 1. The maximum atomic E-state index is 5.76. The van der Waals surface area contributed by atoms with E-state index in [2.05, 4.69) is 0 Å². The van der Waals surface area contributed by atoms with Crippen LogP contribution < -0.4 is 14.2 Å². The van der Waals surface area contributed by atoms with Crippen LogP contribution >= 0.6 is 11.6 Å². The van der Waals surface area contributed by atoms with Crippen molar-refractivity contribution < 1.29 is 14.2 Å². The van der Waals surface area contributed by atoms with Crippen LogP contribution in [0.2, 0.25) is 0 Å². The topological polar surface area (TPSA) is 27.7 Å². The Morgan fingerprint density at radius 1 is 1.00 bits per heavy atom. The molecule has 0 heterocycles. The minimum absolute atomic E-state index is 0.378. The summed E-state index contributed by atoms with van der Waals surface area (Å²) in [5.74, 6) is 2.22. The second-order valence-electron chi connectivity index (χ2n) is 2.63. The highest BCUT2D eigenvalue weighted by molar-refractivity contribution is 6.17. The van der Waals surface area contributed by atoms with E-state index in [9.17, 15) is 0 Å². The summed E-state index contributed by atoms with van der Waals surface area (Å²) in [6.45, 7) is 0. The zero-order valence-electron chi connectivity index (χ0n) is 8.46. The summed E-state index contributed by atoms with van der Waals surface area (Å²) in [6, 6.07) is 3.66. The molecule has 1 aromatic rings. The number of halogens is 1. The Hall–Kier alpha value is -1.09. The molecular weight excluding hydrogens is 204 g/mol. The van der Waals surface area contributed by atoms with Crippen LogP contribution in [0.15, 0.2) is 12.1 Å². The molecule has 0 fully saturated rings. The minimum Gasteiger partial charge on any atom is -0.493 e. The molecule has 14 heavy (non-hydrogen) atoms. The lowest BCUT2D eigenvalue weighted by atomic mass is 10.2. The van der Waals surface area contributed by atoms with Crippen LogP contribution in [-0.4, -0.2) is 21.3 Å². The fourth-order valence-corrected chi connectivity index (χ4v) is 1.48. The fourth-order valence-electron chi connectivity index (χ4n) is 1.27. The van der Waals surface area contributed by atoms with Crippen molar-refractivity contribution in [3.63, 3.8) is 0 Å². The molecule has 0 atom stereocenters. The van der Waals surface area contributed by atoms with Gasteiger partial charge in [-0.05, 0) is 6.07 Å². The van der Waals surface area contributed by atoms with E-state index in [0.29, 0.717) is 23.1 Å². The Morgan fingerprint density at radius 3 is 2.07 bits per heavy atom. The van der Waals surface area contributed by atoms with Gasteiger partial charge in [-0.25, -0.2) is 0 Å². The van der Waals surface area contributed by atoms with Gasteiger partial charge in [0.2, 0.25) is 5.75 Å². The molecule has 0 saturated heterocycles. The summed E-state index contributed by atoms with van der Waals surface area (Å²) in [7, 11) is 4.73. The third-order valence-corrected chi connectivity index (χ3v) is 2.22. The van der Waals surface area contributed by atoms with Gasteiger partial charge in [0.25, 0.3) is 0 Å². The van der Waals surface area contributed by atoms with Crippen LogP contribution in [0, 0.1) is 0 Å². The third-order valence-electron chi connectivity index (χ3n) is 1.93. The van der Waals surface area contributed by atoms with Gasteiger partial charge in [0.15, 0.2) is 11.5 Å². The lowest BCUT2D eigenvalue weighted by Gasteiger charge is -2.14. The highest BCUT2D eigenvalue weighted by atomic mass is 35.5. The SMILES string of the molecule is COc1ccc(CCl)c(OC)c1OC. The first-order valence-corrected chi connectivity index (χ1v) is 4.65. The largest absolute Gasteiger partial charge is 0.493 e. The van der Waals surface area contributed by atoms with Crippen molar-refractivity contribution in [1.82, 2.24) is 0 Å². The molecule has 0 saturated carbocycles. The van der Waals surface area contributed by atoms with Gasteiger partial charge in [-0.2, -0.15) is 0 Å². The summed E-state index contributed by atoms with van der Waals surface area (Å²) in [4.78, 5) is 0. The predicted octanol–water partition coefficient (Wildman–Crippen LogP) is 2.45. The van der Waals surface area contributed by atoms with Gasteiger partial charge in [0.05, 0.1) is 27.2 Å². The van der Waals surface area contributed by atoms with Gasteiger partial charge in [0.1, 0.15) is 0 Å². The monoisotopic (exact) mass is 216 g/mol. The molecule has 1 aromatic carbocycles. The maximum absolute atomic E-state index is 5.76. The molecule has 0 spiro atoms. The van der Waals surface area contributed by atoms with Gasteiger partial charge in [-0.15, -0.1) is 11.6 Å². The molecule has 0 N–H and O–H groups in total. The van der Waals surface area contributed by atoms with E-state index in [0.717, 1.165) is 5.56 Å². The maximum Gasteiger partial charge on any atom is 0.203 e. The number of ether oxygens (including phenoxy) is 3. The molecule has 1 rings (SSSR count). The zero-order chi connectivity index (χ0) is 10.6. The lowest BCUT2D eigenvalue weighted by Crippen LogP contribution is -1.97. The molecular formula is C10H13ClO3. The molecule has 0 unspecified atom stereocenters. The van der Waals surface area contributed by atoms with Crippen molar-refractivity contribution in [2.24, 2.45) is 0 Å². The van der Waals surface area contributed by atoms with Gasteiger partial charge in [0, 0.05) is 5.56 Å². The van der Waals surface area contributed by atoms with E-state index >= 15 is 0 Å². The second kappa shape index (κ2) is 4.96. The highest BCUT2D eigenvalue weighted by Gasteiger charge is 2.14. The van der Waals surface area contributed by atoms with Gasteiger partial charge >= 0.3 is 0 Å². The van der Waals surface area contributed by atoms with E-state index in [1.165, 1.54) is 0 Å². The first-order chi connectivity index (χ1) is 6.78. The molecule has 0 aliphatic rings. The molecule has 78 valence electrons. The zero-order valence-corrected chi connectivity index (χ0v) is 9.22. The van der Waals surface area contributed by atoms with Gasteiger partial charge in [-0.3, -0.25) is 0 Å². The number of hydrogen-bond donors (Lipinski definition) is 0. The molecule has 0 radical (unpaired) electrons. The molecule has 0 aliphatic heterocycles. The van der Waals surface area contributed by atoms with Crippen molar-refractivity contribution in [2.75, 3.05) is 21.3 Å². The van der Waals surface area contributed by atoms with E-state index in [1.807, 2.05) is 6.07 Å². The summed E-state index contributed by atoms with van der Waals surface area (Å²) < 4.78 is 15.5. The van der Waals surface area contributed by atoms with Crippen LogP contribution in [0.5, 0.6) is 17.2 Å². The van der Waals surface area contributed by atoms with Crippen LogP contribution in [0.1, 0.15) is 5.56 Å². The fraction of sp³-hybridized carbons (Fsp3) is 0.400. The first-order valence-electron chi connectivity index (χ1n) is 4.12. The van der Waals surface area contributed by atoms with Crippen molar-refractivity contribution in [2.45, 2.75) is 5.88 Å². The number of methoxy groups -OCH3 is 3. The summed E-state index contributed by atoms with van der Waals surface area (Å²) in [5, 5.41) is 0. The summed E-state index contributed by atoms with van der Waals surface area (Å²) in [6.07, 6.45) is 0. The Morgan fingerprint density at radius 2 is 1.64 bits per heavy atom. The molecule has 0 aromatic heterocycles. The van der Waals surface area contributed by atoms with E-state index in [-0.39, 0.29) is 0 Å². The van der Waals surface area contributed by atoms with Crippen molar-refractivity contribution in [3.8, 4) is 17.2 Å². The van der Waals surface area contributed by atoms with Crippen molar-refractivity contribution in [3.05, 3.63) is 17.7 Å². The molecule has 3 nitrogen and oxygen atoms in total. The van der Waals surface area contributed by atoms with Crippen LogP contribution in [0.25, 0.3) is 0 Å². The minimum atomic E-state index is 0.378. The average molecular weight is 217 g/mol. The Labute approximate surface area is 88.5 Å². The van der Waals surface area contributed by atoms with Crippen molar-refractivity contribution >= 4 is 11.6 Å². The second-order valence-corrected chi connectivity index (χ2v) is 2.89. The Bertz CT molecular complexity index is 281. The van der Waals surface area contributed by atoms with Gasteiger partial charge in [-0.1, -0.05) is 6.07 Å². The lowest BCUT2D eigenvalue weighted by molar-refractivity contribution is 0.323. The standard InChI is InChI=1S/C10H13ClO3/c1-12-8-5-4-7(6-11)9(13-2)10(8)14-3/h4-5H,6H2,1-3H3. The Kier molecular flexibility index (Phi) is 3.89. The normalized spacial score (nSPS) is 9.71. The van der Waals surface area contributed by atoms with Crippen molar-refractivity contribution in [1.29, 1.82) is 0 Å². The molecule has 0 aliphatic carbocycles. The average Bonchev–Trinajstić information content (AvgIpc) is 2.26. The van der Waals surface area contributed by atoms with Crippen LogP contribution in [0.3, 0.4) is 0 Å². The van der Waals surface area contributed by atoms with E-state index < -0.39 is 0 Å². The number of benzene rings is 1. The Balaban J connectivity index is 3.28. The van der Waals surface area contributed by atoms with Crippen LogP contribution in [-0.2, 0) is 5.88 Å². The highest BCUT2D eigenvalue weighted by Crippen LogP contribution is 2.40. The van der Waals surface area contributed by atoms with Gasteiger partial charge < -0.3 is 14.2 Å². The number of hydrogen-bond acceptors (Lipinski definition) is 3. The molecule has 4 heteroatoms. The molecule has 0 bridgehead atoms.